The maximum absolute atomic E-state index is 13.6. The first kappa shape index (κ1) is 17.7. The summed E-state index contributed by atoms with van der Waals surface area (Å²) in [4.78, 5) is 13.9. The summed E-state index contributed by atoms with van der Waals surface area (Å²) < 4.78 is 40.8. The fourth-order valence-electron chi connectivity index (χ4n) is 2.88. The SMILES string of the molecule is CNCCNC(=O)C1(C(F)(F)F)CCN(Cc2ccccc2)C1. The summed E-state index contributed by atoms with van der Waals surface area (Å²) in [5.74, 6) is -0.921. The van der Waals surface area contributed by atoms with Crippen LogP contribution in [0.2, 0.25) is 0 Å². The van der Waals surface area contributed by atoms with E-state index in [1.165, 1.54) is 0 Å². The van der Waals surface area contributed by atoms with Crippen molar-refractivity contribution >= 4 is 5.91 Å². The van der Waals surface area contributed by atoms with Gasteiger partial charge in [-0.25, -0.2) is 0 Å². The van der Waals surface area contributed by atoms with Crippen LogP contribution >= 0.6 is 0 Å². The molecule has 4 nitrogen and oxygen atoms in total. The van der Waals surface area contributed by atoms with Crippen molar-refractivity contribution in [1.82, 2.24) is 15.5 Å². The Bertz CT molecular complexity index is 521. The van der Waals surface area contributed by atoms with Crippen molar-refractivity contribution in [2.24, 2.45) is 5.41 Å². The molecule has 1 atom stereocenters. The summed E-state index contributed by atoms with van der Waals surface area (Å²) in [5.41, 5.74) is -1.36. The first-order chi connectivity index (χ1) is 10.9. The van der Waals surface area contributed by atoms with Gasteiger partial charge in [-0.05, 0) is 25.6 Å². The molecule has 1 aliphatic rings. The third-order valence-electron chi connectivity index (χ3n) is 4.24. The highest BCUT2D eigenvalue weighted by atomic mass is 19.4. The van der Waals surface area contributed by atoms with Crippen LogP contribution in [0.4, 0.5) is 13.2 Å². The molecule has 0 saturated carbocycles. The highest BCUT2D eigenvalue weighted by Crippen LogP contribution is 2.46. The van der Waals surface area contributed by atoms with Crippen LogP contribution in [0.3, 0.4) is 0 Å². The lowest BCUT2D eigenvalue weighted by Crippen LogP contribution is -2.53. The molecule has 1 heterocycles. The van der Waals surface area contributed by atoms with Gasteiger partial charge in [0.25, 0.3) is 0 Å². The van der Waals surface area contributed by atoms with Crippen molar-refractivity contribution < 1.29 is 18.0 Å². The Kier molecular flexibility index (Phi) is 5.64. The highest BCUT2D eigenvalue weighted by Gasteiger charge is 2.62. The van der Waals surface area contributed by atoms with Crippen LogP contribution in [0.15, 0.2) is 30.3 Å². The molecule has 128 valence electrons. The number of likely N-dealkylation sites (N-methyl/N-ethyl adjacent to an activating group) is 1. The Hall–Kier alpha value is -1.60. The molecule has 0 spiro atoms. The number of carbonyl (C=O) groups excluding carboxylic acids is 1. The summed E-state index contributed by atoms with van der Waals surface area (Å²) >= 11 is 0. The number of nitrogens with zero attached hydrogens (tertiary/aromatic N) is 1. The second-order valence-corrected chi connectivity index (χ2v) is 5.89. The summed E-state index contributed by atoms with van der Waals surface area (Å²) in [6, 6.07) is 9.32. The van der Waals surface area contributed by atoms with Gasteiger partial charge < -0.3 is 10.6 Å². The lowest BCUT2D eigenvalue weighted by atomic mass is 9.85. The lowest BCUT2D eigenvalue weighted by molar-refractivity contribution is -0.218. The molecule has 0 radical (unpaired) electrons. The molecule has 2 rings (SSSR count). The van der Waals surface area contributed by atoms with Gasteiger partial charge in [0.05, 0.1) is 0 Å². The molecule has 23 heavy (non-hydrogen) atoms. The standard InChI is InChI=1S/C16H22F3N3O/c1-20-8-9-21-14(23)15(16(17,18)19)7-10-22(12-15)11-13-5-3-2-4-6-13/h2-6,20H,7-12H2,1H3,(H,21,23). The Morgan fingerprint density at radius 3 is 2.57 bits per heavy atom. The first-order valence-electron chi connectivity index (χ1n) is 7.65. The van der Waals surface area contributed by atoms with Gasteiger partial charge in [-0.3, -0.25) is 9.69 Å². The quantitative estimate of drug-likeness (QED) is 0.782. The van der Waals surface area contributed by atoms with E-state index in [1.807, 2.05) is 30.3 Å². The number of nitrogens with one attached hydrogen (secondary N) is 2. The molecule has 1 aromatic carbocycles. The minimum atomic E-state index is -4.55. The number of halogens is 3. The van der Waals surface area contributed by atoms with Crippen LogP contribution in [-0.4, -0.2) is 50.2 Å². The number of benzene rings is 1. The minimum absolute atomic E-state index is 0.186. The predicted molar refractivity (Wildman–Crippen MR) is 81.8 cm³/mol. The van der Waals surface area contributed by atoms with Crippen LogP contribution in [0.1, 0.15) is 12.0 Å². The van der Waals surface area contributed by atoms with Crippen LogP contribution in [0.25, 0.3) is 0 Å². The molecule has 1 aliphatic heterocycles. The Balaban J connectivity index is 2.07. The summed E-state index contributed by atoms with van der Waals surface area (Å²) in [6.45, 7) is 1.01. The average molecular weight is 329 g/mol. The molecule has 0 bridgehead atoms. The number of hydrogen-bond donors (Lipinski definition) is 2. The molecule has 1 unspecified atom stereocenters. The van der Waals surface area contributed by atoms with Gasteiger partial charge in [0.15, 0.2) is 5.41 Å². The molecule has 0 aliphatic carbocycles. The number of alkyl halides is 3. The third kappa shape index (κ3) is 4.03. The van der Waals surface area contributed by atoms with Gasteiger partial charge in [-0.1, -0.05) is 30.3 Å². The normalized spacial score (nSPS) is 22.3. The third-order valence-corrected chi connectivity index (χ3v) is 4.24. The van der Waals surface area contributed by atoms with Gasteiger partial charge in [-0.15, -0.1) is 0 Å². The topological polar surface area (TPSA) is 44.4 Å². The molecule has 7 heteroatoms. The van der Waals surface area contributed by atoms with E-state index in [1.54, 1.807) is 11.9 Å². The fraction of sp³-hybridized carbons (Fsp3) is 0.562. The molecule has 1 saturated heterocycles. The first-order valence-corrected chi connectivity index (χ1v) is 7.65. The minimum Gasteiger partial charge on any atom is -0.354 e. The fourth-order valence-corrected chi connectivity index (χ4v) is 2.88. The van der Waals surface area contributed by atoms with Crippen molar-refractivity contribution in [3.63, 3.8) is 0 Å². The maximum Gasteiger partial charge on any atom is 0.404 e. The van der Waals surface area contributed by atoms with E-state index < -0.39 is 17.5 Å². The van der Waals surface area contributed by atoms with E-state index in [9.17, 15) is 18.0 Å². The van der Waals surface area contributed by atoms with Gasteiger partial charge in [0.2, 0.25) is 5.91 Å². The molecule has 1 amide bonds. The second kappa shape index (κ2) is 7.31. The van der Waals surface area contributed by atoms with Crippen molar-refractivity contribution in [3.05, 3.63) is 35.9 Å². The Morgan fingerprint density at radius 2 is 1.96 bits per heavy atom. The smallest absolute Gasteiger partial charge is 0.354 e. The van der Waals surface area contributed by atoms with Crippen LogP contribution in [0.5, 0.6) is 0 Å². The van der Waals surface area contributed by atoms with Gasteiger partial charge >= 0.3 is 6.18 Å². The van der Waals surface area contributed by atoms with Crippen molar-refractivity contribution in [2.45, 2.75) is 19.1 Å². The van der Waals surface area contributed by atoms with Gasteiger partial charge in [0, 0.05) is 26.2 Å². The van der Waals surface area contributed by atoms with Crippen LogP contribution in [0, 0.1) is 5.41 Å². The van der Waals surface area contributed by atoms with Crippen molar-refractivity contribution in [1.29, 1.82) is 0 Å². The second-order valence-electron chi connectivity index (χ2n) is 5.89. The molecule has 1 aromatic rings. The monoisotopic (exact) mass is 329 g/mol. The summed E-state index contributed by atoms with van der Waals surface area (Å²) in [7, 11) is 1.68. The average Bonchev–Trinajstić information content (AvgIpc) is 2.93. The zero-order valence-electron chi connectivity index (χ0n) is 13.1. The van der Waals surface area contributed by atoms with Crippen LogP contribution in [-0.2, 0) is 11.3 Å². The van der Waals surface area contributed by atoms with Crippen molar-refractivity contribution in [2.75, 3.05) is 33.2 Å². The number of rotatable bonds is 6. The number of carbonyl (C=O) groups is 1. The van der Waals surface area contributed by atoms with E-state index in [0.717, 1.165) is 5.56 Å². The summed E-state index contributed by atoms with van der Waals surface area (Å²) in [6.07, 6.45) is -4.75. The number of hydrogen-bond acceptors (Lipinski definition) is 3. The number of likely N-dealkylation sites (tertiary alicyclic amines) is 1. The van der Waals surface area contributed by atoms with E-state index in [0.29, 0.717) is 13.1 Å². The van der Waals surface area contributed by atoms with E-state index >= 15 is 0 Å². The van der Waals surface area contributed by atoms with Crippen molar-refractivity contribution in [3.8, 4) is 0 Å². The summed E-state index contributed by atoms with van der Waals surface area (Å²) in [5, 5.41) is 5.21. The largest absolute Gasteiger partial charge is 0.404 e. The highest BCUT2D eigenvalue weighted by molar-refractivity contribution is 5.84. The maximum atomic E-state index is 13.6. The Labute approximate surface area is 134 Å². The zero-order valence-corrected chi connectivity index (χ0v) is 13.1. The molecule has 2 N–H and O–H groups in total. The van der Waals surface area contributed by atoms with E-state index in [4.69, 9.17) is 0 Å². The number of amides is 1. The van der Waals surface area contributed by atoms with E-state index in [2.05, 4.69) is 10.6 Å². The van der Waals surface area contributed by atoms with Crippen LogP contribution < -0.4 is 10.6 Å². The molecular formula is C16H22F3N3O. The van der Waals surface area contributed by atoms with Gasteiger partial charge in [-0.2, -0.15) is 13.2 Å². The molecule has 1 fully saturated rings. The zero-order chi connectivity index (χ0) is 16.9. The molecular weight excluding hydrogens is 307 g/mol. The predicted octanol–water partition coefficient (Wildman–Crippen LogP) is 1.78. The van der Waals surface area contributed by atoms with E-state index in [-0.39, 0.29) is 26.1 Å². The lowest BCUT2D eigenvalue weighted by Gasteiger charge is -2.30. The van der Waals surface area contributed by atoms with Gasteiger partial charge in [0.1, 0.15) is 0 Å². The molecule has 0 aromatic heterocycles. The Morgan fingerprint density at radius 1 is 1.26 bits per heavy atom.